The number of carbonyl (C=O) groups excluding carboxylic acids is 1. The van der Waals surface area contributed by atoms with Crippen molar-refractivity contribution in [1.82, 2.24) is 4.90 Å². The third-order valence-electron chi connectivity index (χ3n) is 3.84. The Kier molecular flexibility index (Phi) is 4.35. The molecule has 0 unspecified atom stereocenters. The molecule has 2 aliphatic rings. The summed E-state index contributed by atoms with van der Waals surface area (Å²) < 4.78 is 5.23. The second-order valence-corrected chi connectivity index (χ2v) is 5.24. The Hall–Kier alpha value is -0.670. The smallest absolute Gasteiger partial charge is 0.133 e. The topological polar surface area (TPSA) is 29.5 Å². The van der Waals surface area contributed by atoms with Crippen molar-refractivity contribution < 1.29 is 9.53 Å². The van der Waals surface area contributed by atoms with Gasteiger partial charge in [-0.05, 0) is 30.9 Å². The van der Waals surface area contributed by atoms with Crippen molar-refractivity contribution in [3.63, 3.8) is 0 Å². The molecule has 1 saturated carbocycles. The van der Waals surface area contributed by atoms with Crippen LogP contribution in [0.5, 0.6) is 0 Å². The van der Waals surface area contributed by atoms with Crippen LogP contribution in [0.3, 0.4) is 0 Å². The molecule has 3 nitrogen and oxygen atoms in total. The van der Waals surface area contributed by atoms with Gasteiger partial charge in [-0.1, -0.05) is 13.0 Å². The fourth-order valence-electron chi connectivity index (χ4n) is 3.19. The molecule has 1 heterocycles. The van der Waals surface area contributed by atoms with Crippen molar-refractivity contribution >= 4 is 5.78 Å². The molecule has 0 bridgehead atoms. The largest absolute Gasteiger partial charge is 0.380 e. The van der Waals surface area contributed by atoms with Gasteiger partial charge in [-0.3, -0.25) is 9.69 Å². The Balaban J connectivity index is 2.11. The van der Waals surface area contributed by atoms with Gasteiger partial charge in [0.2, 0.25) is 0 Å². The summed E-state index contributed by atoms with van der Waals surface area (Å²) in [4.78, 5) is 14.1. The van der Waals surface area contributed by atoms with Gasteiger partial charge in [0.25, 0.3) is 0 Å². The number of hydrogen-bond donors (Lipinski definition) is 0. The average Bonchev–Trinajstić information content (AvgIpc) is 2.29. The van der Waals surface area contributed by atoms with Gasteiger partial charge >= 0.3 is 0 Å². The SMILES string of the molecule is CCCN1CC(COC)=C[C@@H]2CC(=O)CC[C@H]21. The number of rotatable bonds is 4. The second kappa shape index (κ2) is 5.78. The predicted octanol–water partition coefficient (Wildman–Crippen LogP) is 2.02. The Morgan fingerprint density at radius 1 is 1.53 bits per heavy atom. The van der Waals surface area contributed by atoms with E-state index < -0.39 is 0 Å². The van der Waals surface area contributed by atoms with Crippen molar-refractivity contribution in [3.05, 3.63) is 11.6 Å². The van der Waals surface area contributed by atoms with Crippen LogP contribution in [0.4, 0.5) is 0 Å². The van der Waals surface area contributed by atoms with E-state index in [4.69, 9.17) is 4.74 Å². The van der Waals surface area contributed by atoms with E-state index >= 15 is 0 Å². The van der Waals surface area contributed by atoms with Crippen molar-refractivity contribution in [1.29, 1.82) is 0 Å². The summed E-state index contributed by atoms with van der Waals surface area (Å²) in [5.74, 6) is 0.860. The lowest BCUT2D eigenvalue weighted by molar-refractivity contribution is -0.122. The van der Waals surface area contributed by atoms with E-state index in [9.17, 15) is 4.79 Å². The molecule has 0 N–H and O–H groups in total. The molecule has 1 aliphatic carbocycles. The van der Waals surface area contributed by atoms with Crippen LogP contribution in [0, 0.1) is 5.92 Å². The first-order chi connectivity index (χ1) is 8.24. The molecule has 0 aromatic rings. The molecular weight excluding hydrogens is 214 g/mol. The first-order valence-electron chi connectivity index (χ1n) is 6.68. The Bertz CT molecular complexity index is 311. The minimum absolute atomic E-state index is 0.428. The van der Waals surface area contributed by atoms with E-state index in [-0.39, 0.29) is 0 Å². The fourth-order valence-corrected chi connectivity index (χ4v) is 3.19. The van der Waals surface area contributed by atoms with E-state index in [1.807, 2.05) is 0 Å². The summed E-state index contributed by atoms with van der Waals surface area (Å²) in [6.07, 6.45) is 6.03. The van der Waals surface area contributed by atoms with Crippen LogP contribution < -0.4 is 0 Å². The normalized spacial score (nSPS) is 30.0. The number of ketones is 1. The van der Waals surface area contributed by atoms with Crippen molar-refractivity contribution in [2.75, 3.05) is 26.8 Å². The molecule has 0 spiro atoms. The number of fused-ring (bicyclic) bond motifs is 1. The lowest BCUT2D eigenvalue weighted by atomic mass is 9.79. The summed E-state index contributed by atoms with van der Waals surface area (Å²) >= 11 is 0. The van der Waals surface area contributed by atoms with Gasteiger partial charge in [-0.15, -0.1) is 0 Å². The third kappa shape index (κ3) is 2.96. The van der Waals surface area contributed by atoms with E-state index in [2.05, 4.69) is 17.9 Å². The first-order valence-corrected chi connectivity index (χ1v) is 6.68. The minimum Gasteiger partial charge on any atom is -0.380 e. The molecule has 0 aromatic heterocycles. The van der Waals surface area contributed by atoms with E-state index in [1.54, 1.807) is 7.11 Å². The minimum atomic E-state index is 0.428. The van der Waals surface area contributed by atoms with E-state index in [1.165, 1.54) is 12.0 Å². The second-order valence-electron chi connectivity index (χ2n) is 5.24. The molecule has 2 atom stereocenters. The molecule has 1 fully saturated rings. The standard InChI is InChI=1S/C14H23NO2/c1-3-6-15-9-11(10-17-2)7-12-8-13(16)4-5-14(12)15/h7,12,14H,3-6,8-10H2,1-2H3/t12-,14-/m1/s1. The zero-order valence-corrected chi connectivity index (χ0v) is 10.9. The van der Waals surface area contributed by atoms with Crippen LogP contribution in [0.1, 0.15) is 32.6 Å². The van der Waals surface area contributed by atoms with E-state index in [0.29, 0.717) is 24.3 Å². The number of nitrogens with zero attached hydrogens (tertiary/aromatic N) is 1. The molecule has 3 heteroatoms. The zero-order chi connectivity index (χ0) is 12.3. The van der Waals surface area contributed by atoms with Crippen LogP contribution in [0.2, 0.25) is 0 Å². The summed E-state index contributed by atoms with van der Waals surface area (Å²) in [6.45, 7) is 5.09. The molecule has 0 amide bonds. The lowest BCUT2D eigenvalue weighted by Crippen LogP contribution is -2.48. The lowest BCUT2D eigenvalue weighted by Gasteiger charge is -2.42. The third-order valence-corrected chi connectivity index (χ3v) is 3.84. The molecule has 0 saturated heterocycles. The highest BCUT2D eigenvalue weighted by atomic mass is 16.5. The molecule has 1 aliphatic heterocycles. The van der Waals surface area contributed by atoms with Crippen molar-refractivity contribution in [2.45, 2.75) is 38.6 Å². The predicted molar refractivity (Wildman–Crippen MR) is 68.0 cm³/mol. The maximum atomic E-state index is 11.6. The van der Waals surface area contributed by atoms with Gasteiger partial charge in [0.05, 0.1) is 6.61 Å². The molecular formula is C14H23NO2. The fraction of sp³-hybridized carbons (Fsp3) is 0.786. The monoisotopic (exact) mass is 237 g/mol. The Labute approximate surface area is 104 Å². The number of methoxy groups -OCH3 is 1. The first kappa shape index (κ1) is 12.8. The number of ether oxygens (including phenoxy) is 1. The van der Waals surface area contributed by atoms with Gasteiger partial charge < -0.3 is 4.74 Å². The van der Waals surface area contributed by atoms with Gasteiger partial charge in [0.15, 0.2) is 0 Å². The maximum Gasteiger partial charge on any atom is 0.133 e. The highest BCUT2D eigenvalue weighted by Crippen LogP contribution is 2.32. The van der Waals surface area contributed by atoms with Gasteiger partial charge in [0, 0.05) is 32.5 Å². The summed E-state index contributed by atoms with van der Waals surface area (Å²) in [7, 11) is 1.74. The van der Waals surface area contributed by atoms with Crippen molar-refractivity contribution in [2.24, 2.45) is 5.92 Å². The van der Waals surface area contributed by atoms with Gasteiger partial charge in [-0.2, -0.15) is 0 Å². The van der Waals surface area contributed by atoms with E-state index in [0.717, 1.165) is 32.4 Å². The molecule has 96 valence electrons. The zero-order valence-electron chi connectivity index (χ0n) is 10.9. The molecule has 2 rings (SSSR count). The van der Waals surface area contributed by atoms with Crippen LogP contribution in [-0.4, -0.2) is 43.5 Å². The van der Waals surface area contributed by atoms with Crippen LogP contribution in [0.25, 0.3) is 0 Å². The molecule has 0 radical (unpaired) electrons. The summed E-state index contributed by atoms with van der Waals surface area (Å²) in [5.41, 5.74) is 1.34. The molecule has 0 aromatic carbocycles. The average molecular weight is 237 g/mol. The highest BCUT2D eigenvalue weighted by Gasteiger charge is 2.35. The summed E-state index contributed by atoms with van der Waals surface area (Å²) in [6, 6.07) is 0.591. The number of carbonyl (C=O) groups is 1. The van der Waals surface area contributed by atoms with Crippen LogP contribution in [-0.2, 0) is 9.53 Å². The highest BCUT2D eigenvalue weighted by molar-refractivity contribution is 5.80. The van der Waals surface area contributed by atoms with Crippen LogP contribution >= 0.6 is 0 Å². The maximum absolute atomic E-state index is 11.6. The Morgan fingerprint density at radius 3 is 3.06 bits per heavy atom. The van der Waals surface area contributed by atoms with Gasteiger partial charge in [-0.25, -0.2) is 0 Å². The van der Waals surface area contributed by atoms with Gasteiger partial charge in [0.1, 0.15) is 5.78 Å². The quantitative estimate of drug-likeness (QED) is 0.701. The number of hydrogen-bond acceptors (Lipinski definition) is 3. The number of Topliss-reactive ketones (excluding diaryl/α,β-unsaturated/α-hetero) is 1. The summed E-state index contributed by atoms with van der Waals surface area (Å²) in [5, 5.41) is 0. The van der Waals surface area contributed by atoms with Crippen molar-refractivity contribution in [3.8, 4) is 0 Å². The van der Waals surface area contributed by atoms with Crippen LogP contribution in [0.15, 0.2) is 11.6 Å². The Morgan fingerprint density at radius 2 is 2.35 bits per heavy atom. The molecule has 17 heavy (non-hydrogen) atoms.